The number of piperidine rings is 1. The second-order valence-electron chi connectivity index (χ2n) is 6.78. The molecule has 0 saturated carbocycles. The van der Waals surface area contributed by atoms with Crippen molar-refractivity contribution in [2.75, 3.05) is 46.8 Å². The van der Waals surface area contributed by atoms with Gasteiger partial charge < -0.3 is 24.8 Å². The van der Waals surface area contributed by atoms with E-state index < -0.39 is 0 Å². The molecular weight excluding hydrogens is 346 g/mol. The molecule has 2 N–H and O–H groups in total. The van der Waals surface area contributed by atoms with Gasteiger partial charge in [-0.05, 0) is 25.0 Å². The zero-order valence-electron chi connectivity index (χ0n) is 16.2. The molecule has 0 spiro atoms. The first kappa shape index (κ1) is 19.2. The number of carbonyl (C=O) groups is 1. The minimum absolute atomic E-state index is 0.118. The van der Waals surface area contributed by atoms with Crippen LogP contribution in [0.3, 0.4) is 0 Å². The van der Waals surface area contributed by atoms with Gasteiger partial charge >= 0.3 is 0 Å². The van der Waals surface area contributed by atoms with E-state index in [1.807, 2.05) is 23.1 Å². The maximum absolute atomic E-state index is 12.3. The van der Waals surface area contributed by atoms with Gasteiger partial charge in [0, 0.05) is 37.6 Å². The lowest BCUT2D eigenvalue weighted by Gasteiger charge is -2.33. The second kappa shape index (κ2) is 8.43. The van der Waals surface area contributed by atoms with E-state index >= 15 is 0 Å². The summed E-state index contributed by atoms with van der Waals surface area (Å²) in [5.41, 5.74) is 8.62. The number of hydrogen-bond donors (Lipinski definition) is 1. The molecule has 1 aliphatic rings. The van der Waals surface area contributed by atoms with E-state index in [0.29, 0.717) is 36.8 Å². The fourth-order valence-electron chi connectivity index (χ4n) is 3.63. The predicted molar refractivity (Wildman–Crippen MR) is 104 cm³/mol. The molecule has 27 heavy (non-hydrogen) atoms. The van der Waals surface area contributed by atoms with Crippen LogP contribution in [0.2, 0.25) is 0 Å². The first-order valence-electron chi connectivity index (χ1n) is 9.16. The van der Waals surface area contributed by atoms with Gasteiger partial charge in [-0.25, -0.2) is 0 Å². The Morgan fingerprint density at radius 3 is 2.67 bits per heavy atom. The van der Waals surface area contributed by atoms with Gasteiger partial charge in [-0.3, -0.25) is 9.78 Å². The Morgan fingerprint density at radius 2 is 1.96 bits per heavy atom. The number of rotatable bonds is 6. The van der Waals surface area contributed by atoms with Crippen molar-refractivity contribution in [1.82, 2.24) is 9.88 Å². The normalized spacial score (nSPS) is 17.1. The Morgan fingerprint density at radius 1 is 1.22 bits per heavy atom. The van der Waals surface area contributed by atoms with Crippen LogP contribution in [0.25, 0.3) is 10.9 Å². The molecule has 2 aromatic rings. The summed E-state index contributed by atoms with van der Waals surface area (Å²) >= 11 is 0. The molecule has 3 rings (SSSR count). The third-order valence-corrected chi connectivity index (χ3v) is 5.06. The molecular formula is C20H27N3O4. The molecule has 0 bridgehead atoms. The van der Waals surface area contributed by atoms with E-state index in [4.69, 9.17) is 24.9 Å². The van der Waals surface area contributed by atoms with Gasteiger partial charge in [0.15, 0.2) is 11.5 Å². The summed E-state index contributed by atoms with van der Waals surface area (Å²) in [5.74, 6) is 1.52. The van der Waals surface area contributed by atoms with Gasteiger partial charge in [-0.15, -0.1) is 0 Å². The van der Waals surface area contributed by atoms with Gasteiger partial charge in [0.05, 0.1) is 44.1 Å². The van der Waals surface area contributed by atoms with Crippen LogP contribution in [0.5, 0.6) is 11.5 Å². The number of fused-ring (bicyclic) bond motifs is 1. The Labute approximate surface area is 159 Å². The summed E-state index contributed by atoms with van der Waals surface area (Å²) in [5, 5.41) is 0.901. The minimum atomic E-state index is 0.118. The molecule has 1 saturated heterocycles. The number of nitrogens with zero attached hydrogens (tertiary/aromatic N) is 2. The van der Waals surface area contributed by atoms with Crippen LogP contribution in [-0.4, -0.2) is 56.8 Å². The Hall–Kier alpha value is -2.54. The van der Waals surface area contributed by atoms with Gasteiger partial charge in [0.25, 0.3) is 0 Å². The summed E-state index contributed by atoms with van der Waals surface area (Å²) in [4.78, 5) is 19.1. The van der Waals surface area contributed by atoms with Crippen molar-refractivity contribution in [3.05, 3.63) is 23.9 Å². The molecule has 1 atom stereocenters. The van der Waals surface area contributed by atoms with E-state index in [-0.39, 0.29) is 11.8 Å². The zero-order chi connectivity index (χ0) is 19.4. The highest BCUT2D eigenvalue weighted by Gasteiger charge is 2.27. The molecule has 1 fully saturated rings. The molecule has 1 aliphatic heterocycles. The summed E-state index contributed by atoms with van der Waals surface area (Å²) < 4.78 is 15.8. The van der Waals surface area contributed by atoms with Gasteiger partial charge in [-0.2, -0.15) is 0 Å². The van der Waals surface area contributed by atoms with E-state index in [0.717, 1.165) is 36.0 Å². The summed E-state index contributed by atoms with van der Waals surface area (Å²) in [6.07, 6.45) is 2.30. The number of ether oxygens (including phenoxy) is 3. The molecule has 0 radical (unpaired) electrons. The van der Waals surface area contributed by atoms with Crippen molar-refractivity contribution in [3.8, 4) is 11.5 Å². The highest BCUT2D eigenvalue weighted by atomic mass is 16.5. The van der Waals surface area contributed by atoms with Crippen LogP contribution in [0.4, 0.5) is 5.69 Å². The van der Waals surface area contributed by atoms with Crippen molar-refractivity contribution in [2.45, 2.75) is 25.2 Å². The zero-order valence-corrected chi connectivity index (χ0v) is 16.2. The lowest BCUT2D eigenvalue weighted by molar-refractivity contribution is -0.133. The number of benzene rings is 1. The van der Waals surface area contributed by atoms with E-state index in [1.165, 1.54) is 0 Å². The van der Waals surface area contributed by atoms with Crippen LogP contribution in [-0.2, 0) is 9.53 Å². The standard InChI is InChI=1S/C20H27N3O4/c1-25-8-6-19(24)23-7-4-5-13(12-23)20-15(21)9-14-10-17(26-2)18(27-3)11-16(14)22-20/h9-11,13H,4-8,12,21H2,1-3H3/t13-/m0/s1. The van der Waals surface area contributed by atoms with Crippen LogP contribution in [0, 0.1) is 0 Å². The third-order valence-electron chi connectivity index (χ3n) is 5.06. The average Bonchev–Trinajstić information content (AvgIpc) is 2.70. The van der Waals surface area contributed by atoms with Crippen LogP contribution in [0.1, 0.15) is 30.9 Å². The largest absolute Gasteiger partial charge is 0.493 e. The summed E-state index contributed by atoms with van der Waals surface area (Å²) in [7, 11) is 4.81. The van der Waals surface area contributed by atoms with Crippen LogP contribution >= 0.6 is 0 Å². The maximum Gasteiger partial charge on any atom is 0.224 e. The van der Waals surface area contributed by atoms with E-state index in [1.54, 1.807) is 21.3 Å². The van der Waals surface area contributed by atoms with Gasteiger partial charge in [0.2, 0.25) is 5.91 Å². The highest BCUT2D eigenvalue weighted by molar-refractivity contribution is 5.86. The maximum atomic E-state index is 12.3. The number of methoxy groups -OCH3 is 3. The number of amides is 1. The van der Waals surface area contributed by atoms with Gasteiger partial charge in [0.1, 0.15) is 0 Å². The van der Waals surface area contributed by atoms with Crippen molar-refractivity contribution in [2.24, 2.45) is 0 Å². The number of nitrogens with two attached hydrogens (primary N) is 1. The first-order chi connectivity index (χ1) is 13.1. The monoisotopic (exact) mass is 373 g/mol. The van der Waals surface area contributed by atoms with Crippen molar-refractivity contribution in [1.29, 1.82) is 0 Å². The summed E-state index contributed by atoms with van der Waals surface area (Å²) in [6.45, 7) is 1.86. The predicted octanol–water partition coefficient (Wildman–Crippen LogP) is 2.58. The molecule has 0 unspecified atom stereocenters. The SMILES string of the molecule is COCCC(=O)N1CCC[C@H](c2nc3cc(OC)c(OC)cc3cc2N)C1. The van der Waals surface area contributed by atoms with Crippen molar-refractivity contribution in [3.63, 3.8) is 0 Å². The van der Waals surface area contributed by atoms with Crippen molar-refractivity contribution >= 4 is 22.5 Å². The smallest absolute Gasteiger partial charge is 0.224 e. The molecule has 1 aromatic heterocycles. The van der Waals surface area contributed by atoms with Gasteiger partial charge in [-0.1, -0.05) is 0 Å². The van der Waals surface area contributed by atoms with E-state index in [9.17, 15) is 4.79 Å². The second-order valence-corrected chi connectivity index (χ2v) is 6.78. The lowest BCUT2D eigenvalue weighted by atomic mass is 9.92. The Kier molecular flexibility index (Phi) is 6.01. The fourth-order valence-corrected chi connectivity index (χ4v) is 3.63. The summed E-state index contributed by atoms with van der Waals surface area (Å²) in [6, 6.07) is 5.66. The number of nitrogen functional groups attached to an aromatic ring is 1. The third kappa shape index (κ3) is 4.08. The molecule has 1 aromatic carbocycles. The highest BCUT2D eigenvalue weighted by Crippen LogP contribution is 2.36. The fraction of sp³-hybridized carbons (Fsp3) is 0.500. The number of carbonyl (C=O) groups excluding carboxylic acids is 1. The molecule has 7 nitrogen and oxygen atoms in total. The van der Waals surface area contributed by atoms with Crippen LogP contribution in [0.15, 0.2) is 18.2 Å². The number of anilines is 1. The first-order valence-corrected chi connectivity index (χ1v) is 9.16. The Bertz CT molecular complexity index is 824. The molecule has 7 heteroatoms. The Balaban J connectivity index is 1.89. The number of hydrogen-bond acceptors (Lipinski definition) is 6. The lowest BCUT2D eigenvalue weighted by Crippen LogP contribution is -2.39. The number of aromatic nitrogens is 1. The molecule has 1 amide bonds. The minimum Gasteiger partial charge on any atom is -0.493 e. The number of likely N-dealkylation sites (tertiary alicyclic amines) is 1. The quantitative estimate of drug-likeness (QED) is 0.837. The topological polar surface area (TPSA) is 86.9 Å². The van der Waals surface area contributed by atoms with Crippen molar-refractivity contribution < 1.29 is 19.0 Å². The van der Waals surface area contributed by atoms with E-state index in [2.05, 4.69) is 0 Å². The van der Waals surface area contributed by atoms with Crippen LogP contribution < -0.4 is 15.2 Å². The average molecular weight is 373 g/mol. The molecule has 0 aliphatic carbocycles. The number of pyridine rings is 1. The molecule has 2 heterocycles. The molecule has 146 valence electrons.